The van der Waals surface area contributed by atoms with Crippen molar-refractivity contribution in [3.05, 3.63) is 30.3 Å². The molecule has 1 fully saturated rings. The third-order valence-electron chi connectivity index (χ3n) is 4.67. The van der Waals surface area contributed by atoms with Gasteiger partial charge in [-0.05, 0) is 27.7 Å². The highest BCUT2D eigenvalue weighted by Gasteiger charge is 2.51. The van der Waals surface area contributed by atoms with Crippen molar-refractivity contribution >= 4 is 12.0 Å². The van der Waals surface area contributed by atoms with Gasteiger partial charge in [0.15, 0.2) is 0 Å². The summed E-state index contributed by atoms with van der Waals surface area (Å²) in [5.41, 5.74) is 0.655. The number of hydrogen-bond donors (Lipinski definition) is 0. The lowest BCUT2D eigenvalue weighted by Gasteiger charge is -2.38. The Morgan fingerprint density at radius 1 is 0.947 bits per heavy atom. The summed E-state index contributed by atoms with van der Waals surface area (Å²) >= 11 is 0. The number of unbranched alkanes of at least 4 members (excludes halogenated alkanes) is 1. The third-order valence-corrected chi connectivity index (χ3v) is 4.67. The van der Waals surface area contributed by atoms with Crippen molar-refractivity contribution in [2.75, 3.05) is 0 Å². The molecule has 0 spiro atoms. The topological polar surface area (TPSA) is 18.5 Å². The first-order chi connectivity index (χ1) is 8.83. The quantitative estimate of drug-likeness (QED) is 0.769. The molecule has 0 bridgehead atoms. The van der Waals surface area contributed by atoms with Crippen molar-refractivity contribution in [3.63, 3.8) is 0 Å². The molecule has 0 unspecified atom stereocenters. The monoisotopic (exact) mass is 261 g/mol. The Kier molecular flexibility index (Phi) is 3.81. The van der Waals surface area contributed by atoms with E-state index in [2.05, 4.69) is 58.9 Å². The Hall–Kier alpha value is -0.795. The molecular formula is C16H26BO2-. The summed E-state index contributed by atoms with van der Waals surface area (Å²) in [5, 5.41) is 0. The van der Waals surface area contributed by atoms with E-state index in [9.17, 15) is 0 Å². The average Bonchev–Trinajstić information content (AvgIpc) is 2.55. The van der Waals surface area contributed by atoms with Gasteiger partial charge in [0, 0.05) is 11.2 Å². The summed E-state index contributed by atoms with van der Waals surface area (Å²) in [6.45, 7) is 9.37. The molecule has 1 saturated heterocycles. The summed E-state index contributed by atoms with van der Waals surface area (Å²) in [6.07, 6.45) is 3.25. The van der Waals surface area contributed by atoms with E-state index < -0.39 is 6.55 Å². The van der Waals surface area contributed by atoms with Gasteiger partial charge in [0.1, 0.15) is 0 Å². The fourth-order valence-corrected chi connectivity index (χ4v) is 2.90. The SMILES string of the molecule is CCCC[B-]1(c2ccccc2)OC(C)(C)C(C)(C)O1. The predicted molar refractivity (Wildman–Crippen MR) is 81.9 cm³/mol. The van der Waals surface area contributed by atoms with Gasteiger partial charge in [-0.1, -0.05) is 50.1 Å². The van der Waals surface area contributed by atoms with E-state index in [1.165, 1.54) is 5.46 Å². The van der Waals surface area contributed by atoms with Gasteiger partial charge in [-0.2, -0.15) is 5.46 Å². The van der Waals surface area contributed by atoms with Crippen LogP contribution in [0.5, 0.6) is 0 Å². The molecule has 3 heteroatoms. The van der Waals surface area contributed by atoms with E-state index in [4.69, 9.17) is 9.31 Å². The van der Waals surface area contributed by atoms with Crippen molar-refractivity contribution in [3.8, 4) is 0 Å². The van der Waals surface area contributed by atoms with Crippen molar-refractivity contribution in [2.24, 2.45) is 0 Å². The van der Waals surface area contributed by atoms with E-state index in [0.29, 0.717) is 0 Å². The molecule has 0 aliphatic carbocycles. The Morgan fingerprint density at radius 2 is 1.47 bits per heavy atom. The molecule has 0 amide bonds. The third kappa shape index (κ3) is 2.59. The van der Waals surface area contributed by atoms with Crippen molar-refractivity contribution in [2.45, 2.75) is 65.0 Å². The van der Waals surface area contributed by atoms with E-state index in [-0.39, 0.29) is 11.2 Å². The van der Waals surface area contributed by atoms with E-state index in [1.54, 1.807) is 0 Å². The maximum atomic E-state index is 6.48. The summed E-state index contributed by atoms with van der Waals surface area (Å²) in [4.78, 5) is 0. The Balaban J connectivity index is 2.39. The van der Waals surface area contributed by atoms with Gasteiger partial charge in [-0.3, -0.25) is 0 Å². The summed E-state index contributed by atoms with van der Waals surface area (Å²) < 4.78 is 13.0. The molecule has 0 saturated carbocycles. The Morgan fingerprint density at radius 3 is 1.95 bits per heavy atom. The van der Waals surface area contributed by atoms with Crippen LogP contribution in [-0.4, -0.2) is 17.8 Å². The molecule has 19 heavy (non-hydrogen) atoms. The van der Waals surface area contributed by atoms with Gasteiger partial charge >= 0.3 is 0 Å². The first-order valence-corrected chi connectivity index (χ1v) is 7.44. The molecule has 1 aliphatic heterocycles. The molecule has 0 aromatic heterocycles. The molecule has 1 aromatic carbocycles. The van der Waals surface area contributed by atoms with Crippen molar-refractivity contribution in [1.82, 2.24) is 0 Å². The molecule has 106 valence electrons. The minimum atomic E-state index is -1.36. The second-order valence-corrected chi connectivity index (χ2v) is 6.68. The number of hydrogen-bond acceptors (Lipinski definition) is 2. The van der Waals surface area contributed by atoms with Crippen LogP contribution in [-0.2, 0) is 9.31 Å². The van der Waals surface area contributed by atoms with Crippen LogP contribution in [0.2, 0.25) is 6.32 Å². The second kappa shape index (κ2) is 4.95. The maximum absolute atomic E-state index is 6.48. The molecule has 2 rings (SSSR count). The van der Waals surface area contributed by atoms with Gasteiger partial charge in [0.05, 0.1) is 0 Å². The van der Waals surface area contributed by atoms with Gasteiger partial charge in [-0.25, -0.2) is 0 Å². The smallest absolute Gasteiger partial charge is 0.270 e. The minimum Gasteiger partial charge on any atom is -0.558 e. The summed E-state index contributed by atoms with van der Waals surface area (Å²) in [6, 6.07) is 10.4. The van der Waals surface area contributed by atoms with Gasteiger partial charge in [0.2, 0.25) is 0 Å². The van der Waals surface area contributed by atoms with Crippen LogP contribution in [0.4, 0.5) is 0 Å². The molecule has 2 nitrogen and oxygen atoms in total. The number of rotatable bonds is 4. The van der Waals surface area contributed by atoms with Crippen LogP contribution < -0.4 is 5.46 Å². The highest BCUT2D eigenvalue weighted by molar-refractivity contribution is 6.81. The molecule has 1 heterocycles. The van der Waals surface area contributed by atoms with Crippen LogP contribution in [0.15, 0.2) is 30.3 Å². The standard InChI is InChI=1S/C16H26BO2/c1-6-7-13-17(14-11-9-8-10-12-14)18-15(2,3)16(4,5)19-17/h8-12H,6-7,13H2,1-5H3/q-1. The van der Waals surface area contributed by atoms with Crippen molar-refractivity contribution in [1.29, 1.82) is 0 Å². The largest absolute Gasteiger partial charge is 0.558 e. The van der Waals surface area contributed by atoms with Crippen LogP contribution >= 0.6 is 0 Å². The van der Waals surface area contributed by atoms with Crippen LogP contribution in [0.1, 0.15) is 47.5 Å². The average molecular weight is 261 g/mol. The van der Waals surface area contributed by atoms with E-state index in [1.807, 2.05) is 6.07 Å². The predicted octanol–water partition coefficient (Wildman–Crippen LogP) is 3.74. The Labute approximate surface area is 117 Å². The lowest BCUT2D eigenvalue weighted by atomic mass is 9.48. The zero-order valence-electron chi connectivity index (χ0n) is 12.9. The van der Waals surface area contributed by atoms with Crippen LogP contribution in [0, 0.1) is 0 Å². The Bertz CT molecular complexity index is 410. The van der Waals surface area contributed by atoms with E-state index >= 15 is 0 Å². The molecule has 0 radical (unpaired) electrons. The van der Waals surface area contributed by atoms with E-state index in [0.717, 1.165) is 19.2 Å². The first-order valence-electron chi connectivity index (χ1n) is 7.44. The molecule has 0 atom stereocenters. The van der Waals surface area contributed by atoms with Gasteiger partial charge < -0.3 is 9.31 Å². The lowest BCUT2D eigenvalue weighted by Crippen LogP contribution is -2.51. The molecule has 1 aliphatic rings. The van der Waals surface area contributed by atoms with Crippen LogP contribution in [0.3, 0.4) is 0 Å². The summed E-state index contributed by atoms with van der Waals surface area (Å²) in [5.74, 6) is 0. The second-order valence-electron chi connectivity index (χ2n) is 6.68. The zero-order chi connectivity index (χ0) is 14.1. The lowest BCUT2D eigenvalue weighted by molar-refractivity contribution is 0.00578. The summed E-state index contributed by atoms with van der Waals surface area (Å²) in [7, 11) is 0. The molecule has 1 aromatic rings. The maximum Gasteiger partial charge on any atom is 0.270 e. The van der Waals surface area contributed by atoms with Gasteiger partial charge in [0.25, 0.3) is 6.55 Å². The van der Waals surface area contributed by atoms with Crippen LogP contribution in [0.25, 0.3) is 0 Å². The highest BCUT2D eigenvalue weighted by atomic mass is 16.7. The number of benzene rings is 1. The minimum absolute atomic E-state index is 0.267. The fraction of sp³-hybridized carbons (Fsp3) is 0.625. The fourth-order valence-electron chi connectivity index (χ4n) is 2.90. The molecule has 0 N–H and O–H groups in total. The van der Waals surface area contributed by atoms with Crippen molar-refractivity contribution < 1.29 is 9.31 Å². The molecular weight excluding hydrogens is 235 g/mol. The first kappa shape index (κ1) is 14.6. The normalized spacial score (nSPS) is 23.4. The van der Waals surface area contributed by atoms with Gasteiger partial charge in [-0.15, -0.1) is 6.32 Å². The highest BCUT2D eigenvalue weighted by Crippen LogP contribution is 2.43. The zero-order valence-corrected chi connectivity index (χ0v) is 12.9.